The van der Waals surface area contributed by atoms with E-state index in [-0.39, 0.29) is 12.4 Å². The summed E-state index contributed by atoms with van der Waals surface area (Å²) in [6.07, 6.45) is 0. The van der Waals surface area contributed by atoms with Crippen molar-refractivity contribution in [3.05, 3.63) is 60.4 Å². The van der Waals surface area contributed by atoms with E-state index in [2.05, 4.69) is 47.8 Å². The fourth-order valence-corrected chi connectivity index (χ4v) is 4.30. The van der Waals surface area contributed by atoms with Gasteiger partial charge in [0.25, 0.3) is 0 Å². The van der Waals surface area contributed by atoms with Crippen LogP contribution in [0.15, 0.2) is 49.8 Å². The van der Waals surface area contributed by atoms with Crippen LogP contribution < -0.4 is 4.74 Å². The van der Waals surface area contributed by atoms with Gasteiger partial charge in [0.1, 0.15) is 5.75 Å². The summed E-state index contributed by atoms with van der Waals surface area (Å²) in [7, 11) is 0. The van der Waals surface area contributed by atoms with Gasteiger partial charge in [0.15, 0.2) is 6.61 Å². The average molecular weight is 483 g/mol. The second-order valence-corrected chi connectivity index (χ2v) is 6.92. The van der Waals surface area contributed by atoms with Gasteiger partial charge >= 0.3 is 0 Å². The second-order valence-electron chi connectivity index (χ2n) is 3.89. The Morgan fingerprint density at radius 3 is 2.30 bits per heavy atom. The molecule has 0 amide bonds. The van der Waals surface area contributed by atoms with E-state index in [9.17, 15) is 4.79 Å². The van der Waals surface area contributed by atoms with Gasteiger partial charge in [-0.3, -0.25) is 4.79 Å². The lowest BCUT2D eigenvalue weighted by Gasteiger charge is -2.10. The van der Waals surface area contributed by atoms with Gasteiger partial charge in [-0.1, -0.05) is 39.7 Å². The van der Waals surface area contributed by atoms with Crippen molar-refractivity contribution in [1.29, 1.82) is 0 Å². The third kappa shape index (κ3) is 3.85. The Hall–Kier alpha value is -0.360. The highest BCUT2D eigenvalue weighted by molar-refractivity contribution is 9.11. The van der Waals surface area contributed by atoms with E-state index in [4.69, 9.17) is 16.3 Å². The van der Waals surface area contributed by atoms with Gasteiger partial charge in [0.05, 0.1) is 14.0 Å². The zero-order chi connectivity index (χ0) is 14.7. The quantitative estimate of drug-likeness (QED) is 0.507. The van der Waals surface area contributed by atoms with Crippen LogP contribution in [0.1, 0.15) is 10.4 Å². The molecule has 0 saturated heterocycles. The minimum absolute atomic E-state index is 0.0808. The Balaban J connectivity index is 2.14. The molecule has 0 saturated carbocycles. The summed E-state index contributed by atoms with van der Waals surface area (Å²) in [5.74, 6) is 0.408. The van der Waals surface area contributed by atoms with Crippen LogP contribution in [0.3, 0.4) is 0 Å². The van der Waals surface area contributed by atoms with Gasteiger partial charge < -0.3 is 4.74 Å². The molecule has 0 atom stereocenters. The van der Waals surface area contributed by atoms with Crippen LogP contribution in [-0.4, -0.2) is 12.4 Å². The molecule has 0 bridgehead atoms. The van der Waals surface area contributed by atoms with Crippen molar-refractivity contribution in [2.75, 3.05) is 6.61 Å². The Morgan fingerprint density at radius 1 is 1.10 bits per heavy atom. The van der Waals surface area contributed by atoms with Crippen LogP contribution in [0.4, 0.5) is 0 Å². The first-order chi connectivity index (χ1) is 9.49. The molecule has 2 nitrogen and oxygen atoms in total. The third-order valence-corrected chi connectivity index (χ3v) is 4.45. The van der Waals surface area contributed by atoms with E-state index in [0.29, 0.717) is 16.3 Å². The summed E-state index contributed by atoms with van der Waals surface area (Å²) in [4.78, 5) is 12.1. The highest BCUT2D eigenvalue weighted by Crippen LogP contribution is 2.36. The average Bonchev–Trinajstić information content (AvgIpc) is 2.37. The predicted molar refractivity (Wildman–Crippen MR) is 90.8 cm³/mol. The molecule has 0 N–H and O–H groups in total. The van der Waals surface area contributed by atoms with Crippen molar-refractivity contribution < 1.29 is 9.53 Å². The van der Waals surface area contributed by atoms with E-state index in [1.807, 2.05) is 12.1 Å². The molecule has 0 aromatic heterocycles. The topological polar surface area (TPSA) is 26.3 Å². The van der Waals surface area contributed by atoms with Crippen molar-refractivity contribution in [2.24, 2.45) is 0 Å². The lowest BCUT2D eigenvalue weighted by molar-refractivity contribution is 0.0920. The summed E-state index contributed by atoms with van der Waals surface area (Å²) in [5, 5.41) is 0.426. The maximum absolute atomic E-state index is 12.1. The van der Waals surface area contributed by atoms with Gasteiger partial charge in [-0.2, -0.15) is 0 Å². The number of carbonyl (C=O) groups excluding carboxylic acids is 1. The summed E-state index contributed by atoms with van der Waals surface area (Å²) in [5.41, 5.74) is 0.457. The molecule has 0 aliphatic heterocycles. The lowest BCUT2D eigenvalue weighted by atomic mass is 10.1. The van der Waals surface area contributed by atoms with Gasteiger partial charge in [-0.05, 0) is 56.1 Å². The molecule has 0 spiro atoms. The monoisotopic (exact) mass is 480 g/mol. The first kappa shape index (κ1) is 16.0. The van der Waals surface area contributed by atoms with Crippen molar-refractivity contribution >= 4 is 65.2 Å². The van der Waals surface area contributed by atoms with Gasteiger partial charge in [-0.15, -0.1) is 0 Å². The van der Waals surface area contributed by atoms with Crippen molar-refractivity contribution in [2.45, 2.75) is 0 Å². The number of Topliss-reactive ketones (excluding diaryl/α,β-unsaturated/α-hetero) is 1. The Kier molecular flexibility index (Phi) is 5.66. The minimum atomic E-state index is -0.169. The van der Waals surface area contributed by atoms with Crippen molar-refractivity contribution in [3.8, 4) is 5.75 Å². The molecule has 0 unspecified atom stereocenters. The smallest absolute Gasteiger partial charge is 0.201 e. The SMILES string of the molecule is O=C(COc1c(Br)cc(Br)cc1Br)c1ccccc1Cl. The molecule has 0 heterocycles. The van der Waals surface area contributed by atoms with Crippen molar-refractivity contribution in [3.63, 3.8) is 0 Å². The number of hydrogen-bond acceptors (Lipinski definition) is 2. The third-order valence-electron chi connectivity index (χ3n) is 2.48. The number of ketones is 1. The molecule has 0 aliphatic rings. The first-order valence-electron chi connectivity index (χ1n) is 5.54. The highest BCUT2D eigenvalue weighted by Gasteiger charge is 2.13. The number of ether oxygens (including phenoxy) is 1. The molecule has 2 rings (SSSR count). The molecule has 2 aromatic rings. The molecule has 0 aliphatic carbocycles. The predicted octanol–water partition coefficient (Wildman–Crippen LogP) is 5.89. The van der Waals surface area contributed by atoms with Gasteiger partial charge in [0, 0.05) is 10.0 Å². The van der Waals surface area contributed by atoms with Crippen LogP contribution in [0.5, 0.6) is 5.75 Å². The van der Waals surface area contributed by atoms with Crippen molar-refractivity contribution in [1.82, 2.24) is 0 Å². The fourth-order valence-electron chi connectivity index (χ4n) is 1.57. The van der Waals surface area contributed by atoms with Crippen LogP contribution >= 0.6 is 59.4 Å². The number of benzene rings is 2. The Morgan fingerprint density at radius 2 is 1.70 bits per heavy atom. The second kappa shape index (κ2) is 7.07. The normalized spacial score (nSPS) is 10.4. The summed E-state index contributed by atoms with van der Waals surface area (Å²) < 4.78 is 7.99. The molecule has 2 aromatic carbocycles. The maximum Gasteiger partial charge on any atom is 0.201 e. The van der Waals surface area contributed by atoms with E-state index in [0.717, 1.165) is 13.4 Å². The standard InChI is InChI=1S/C14H8Br3ClO2/c15-8-5-10(16)14(11(17)6-8)20-7-13(19)9-3-1-2-4-12(9)18/h1-6H,7H2. The van der Waals surface area contributed by atoms with Crippen LogP contribution in [0.25, 0.3) is 0 Å². The van der Waals surface area contributed by atoms with E-state index < -0.39 is 0 Å². The Labute approximate surface area is 146 Å². The zero-order valence-electron chi connectivity index (χ0n) is 10.00. The molecule has 0 fully saturated rings. The number of rotatable bonds is 4. The highest BCUT2D eigenvalue weighted by atomic mass is 79.9. The maximum atomic E-state index is 12.1. The van der Waals surface area contributed by atoms with Gasteiger partial charge in [0.2, 0.25) is 5.78 Å². The van der Waals surface area contributed by atoms with Gasteiger partial charge in [-0.25, -0.2) is 0 Å². The van der Waals surface area contributed by atoms with E-state index in [1.165, 1.54) is 0 Å². The molecule has 6 heteroatoms. The molecule has 20 heavy (non-hydrogen) atoms. The molecule has 0 radical (unpaired) electrons. The molecule has 104 valence electrons. The molecular weight excluding hydrogens is 475 g/mol. The first-order valence-corrected chi connectivity index (χ1v) is 8.30. The Bertz CT molecular complexity index is 636. The van der Waals surface area contributed by atoms with Crippen LogP contribution in [0.2, 0.25) is 5.02 Å². The fraction of sp³-hybridized carbons (Fsp3) is 0.0714. The van der Waals surface area contributed by atoms with E-state index in [1.54, 1.807) is 24.3 Å². The molecular formula is C14H8Br3ClO2. The zero-order valence-corrected chi connectivity index (χ0v) is 15.5. The number of carbonyl (C=O) groups is 1. The van der Waals surface area contributed by atoms with Crippen LogP contribution in [-0.2, 0) is 0 Å². The number of halogens is 4. The minimum Gasteiger partial charge on any atom is -0.483 e. The summed E-state index contributed by atoms with van der Waals surface area (Å²) in [6.45, 7) is -0.0808. The summed E-state index contributed by atoms with van der Waals surface area (Å²) in [6, 6.07) is 10.6. The largest absolute Gasteiger partial charge is 0.483 e. The number of hydrogen-bond donors (Lipinski definition) is 0. The van der Waals surface area contributed by atoms with Crippen LogP contribution in [0, 0.1) is 0 Å². The summed E-state index contributed by atoms with van der Waals surface area (Å²) >= 11 is 16.1. The van der Waals surface area contributed by atoms with E-state index >= 15 is 0 Å². The lowest BCUT2D eigenvalue weighted by Crippen LogP contribution is -2.12.